The van der Waals surface area contributed by atoms with Crippen LogP contribution < -0.4 is 5.73 Å². The number of nitrogens with two attached hydrogens (primary N) is 1. The Morgan fingerprint density at radius 3 is 3.23 bits per heavy atom. The van der Waals surface area contributed by atoms with Crippen LogP contribution in [0.25, 0.3) is 0 Å². The van der Waals surface area contributed by atoms with Gasteiger partial charge in [0.25, 0.3) is 0 Å². The molecule has 2 heterocycles. The van der Waals surface area contributed by atoms with Gasteiger partial charge in [0.1, 0.15) is 0 Å². The molecule has 0 aromatic carbocycles. The molecule has 0 spiro atoms. The number of ether oxygens (including phenoxy) is 1. The molecule has 0 radical (unpaired) electrons. The van der Waals surface area contributed by atoms with E-state index in [9.17, 15) is 0 Å². The van der Waals surface area contributed by atoms with E-state index in [-0.39, 0.29) is 6.10 Å². The Bertz CT molecular complexity index is 266. The van der Waals surface area contributed by atoms with Crippen molar-refractivity contribution in [3.05, 3.63) is 17.5 Å². The second-order valence-electron chi connectivity index (χ2n) is 3.37. The van der Waals surface area contributed by atoms with Crippen LogP contribution in [0.5, 0.6) is 0 Å². The van der Waals surface area contributed by atoms with Gasteiger partial charge in [-0.05, 0) is 19.3 Å². The van der Waals surface area contributed by atoms with Gasteiger partial charge in [-0.15, -0.1) is 0 Å². The molecular weight excluding hydrogens is 166 g/mol. The van der Waals surface area contributed by atoms with Gasteiger partial charge in [-0.1, -0.05) is 0 Å². The summed E-state index contributed by atoms with van der Waals surface area (Å²) in [4.78, 5) is 0. The first-order chi connectivity index (χ1) is 6.42. The predicted molar refractivity (Wildman–Crippen MR) is 49.0 cm³/mol. The molecule has 1 saturated heterocycles. The quantitative estimate of drug-likeness (QED) is 0.718. The lowest BCUT2D eigenvalue weighted by Crippen LogP contribution is -2.14. The van der Waals surface area contributed by atoms with E-state index in [1.807, 2.05) is 0 Å². The highest BCUT2D eigenvalue weighted by atomic mass is 16.5. The topological polar surface area (TPSA) is 63.9 Å². The minimum atomic E-state index is 0.190. The van der Waals surface area contributed by atoms with Crippen molar-refractivity contribution in [2.45, 2.75) is 31.9 Å². The molecule has 2 rings (SSSR count). The zero-order valence-electron chi connectivity index (χ0n) is 7.62. The van der Waals surface area contributed by atoms with Crippen LogP contribution in [-0.4, -0.2) is 16.8 Å². The Hall–Kier alpha value is -0.870. The van der Waals surface area contributed by atoms with Crippen LogP contribution in [-0.2, 0) is 11.3 Å². The standard InChI is InChI=1S/C9H15N3O/c10-5-7-6-11-12-9(7)8-3-1-2-4-13-8/h6,8H,1-5,10H2,(H,11,12). The van der Waals surface area contributed by atoms with Crippen LogP contribution in [0.1, 0.15) is 36.6 Å². The fourth-order valence-electron chi connectivity index (χ4n) is 1.73. The van der Waals surface area contributed by atoms with Gasteiger partial charge in [-0.2, -0.15) is 5.10 Å². The number of nitrogens with zero attached hydrogens (tertiary/aromatic N) is 1. The van der Waals surface area contributed by atoms with Gasteiger partial charge in [0.15, 0.2) is 0 Å². The third kappa shape index (κ3) is 1.73. The zero-order chi connectivity index (χ0) is 9.10. The molecule has 13 heavy (non-hydrogen) atoms. The molecule has 3 N–H and O–H groups in total. The average molecular weight is 181 g/mol. The third-order valence-corrected chi connectivity index (χ3v) is 2.47. The van der Waals surface area contributed by atoms with Crippen molar-refractivity contribution in [3.63, 3.8) is 0 Å². The monoisotopic (exact) mass is 181 g/mol. The second kappa shape index (κ2) is 3.89. The smallest absolute Gasteiger partial charge is 0.0992 e. The van der Waals surface area contributed by atoms with E-state index in [4.69, 9.17) is 10.5 Å². The molecule has 4 nitrogen and oxygen atoms in total. The van der Waals surface area contributed by atoms with Crippen LogP contribution in [0, 0.1) is 0 Å². The molecule has 4 heteroatoms. The lowest BCUT2D eigenvalue weighted by molar-refractivity contribution is 0.0118. The normalized spacial score (nSPS) is 23.3. The number of hydrogen-bond donors (Lipinski definition) is 2. The maximum atomic E-state index is 5.64. The predicted octanol–water partition coefficient (Wildman–Crippen LogP) is 1.11. The first-order valence-electron chi connectivity index (χ1n) is 4.75. The molecule has 1 atom stereocenters. The fourth-order valence-corrected chi connectivity index (χ4v) is 1.73. The minimum Gasteiger partial charge on any atom is -0.372 e. The number of aromatic nitrogens is 2. The molecule has 72 valence electrons. The molecule has 1 fully saturated rings. The molecular formula is C9H15N3O. The molecule has 0 aliphatic carbocycles. The van der Waals surface area contributed by atoms with Crippen molar-refractivity contribution in [1.29, 1.82) is 0 Å². The van der Waals surface area contributed by atoms with Crippen molar-refractivity contribution in [2.75, 3.05) is 6.61 Å². The van der Waals surface area contributed by atoms with E-state index in [0.29, 0.717) is 6.54 Å². The largest absolute Gasteiger partial charge is 0.372 e. The Morgan fingerprint density at radius 1 is 1.62 bits per heavy atom. The first kappa shape index (κ1) is 8.72. The number of nitrogens with one attached hydrogen (secondary N) is 1. The van der Waals surface area contributed by atoms with Gasteiger partial charge in [0.05, 0.1) is 18.0 Å². The Balaban J connectivity index is 2.13. The Kier molecular flexibility index (Phi) is 2.61. The summed E-state index contributed by atoms with van der Waals surface area (Å²) in [5.74, 6) is 0. The summed E-state index contributed by atoms with van der Waals surface area (Å²) >= 11 is 0. The molecule has 1 aromatic rings. The summed E-state index contributed by atoms with van der Waals surface area (Å²) in [6.45, 7) is 1.39. The zero-order valence-corrected chi connectivity index (χ0v) is 7.62. The molecule has 0 saturated carbocycles. The highest BCUT2D eigenvalue weighted by Crippen LogP contribution is 2.28. The van der Waals surface area contributed by atoms with Crippen molar-refractivity contribution in [2.24, 2.45) is 5.73 Å². The average Bonchev–Trinajstić information content (AvgIpc) is 2.67. The fraction of sp³-hybridized carbons (Fsp3) is 0.667. The van der Waals surface area contributed by atoms with Crippen LogP contribution in [0.4, 0.5) is 0 Å². The van der Waals surface area contributed by atoms with Gasteiger partial charge in [0.2, 0.25) is 0 Å². The number of H-pyrrole nitrogens is 1. The van der Waals surface area contributed by atoms with Gasteiger partial charge in [0, 0.05) is 18.7 Å². The maximum Gasteiger partial charge on any atom is 0.0992 e. The summed E-state index contributed by atoms with van der Waals surface area (Å²) in [5, 5.41) is 6.95. The van der Waals surface area contributed by atoms with E-state index in [1.165, 1.54) is 12.8 Å². The SMILES string of the molecule is NCc1cn[nH]c1C1CCCCO1. The second-order valence-corrected chi connectivity index (χ2v) is 3.37. The van der Waals surface area contributed by atoms with Crippen LogP contribution in [0.3, 0.4) is 0 Å². The van der Waals surface area contributed by atoms with Gasteiger partial charge >= 0.3 is 0 Å². The van der Waals surface area contributed by atoms with Crippen LogP contribution >= 0.6 is 0 Å². The Morgan fingerprint density at radius 2 is 2.54 bits per heavy atom. The minimum absolute atomic E-state index is 0.190. The first-order valence-corrected chi connectivity index (χ1v) is 4.75. The number of hydrogen-bond acceptors (Lipinski definition) is 3. The van der Waals surface area contributed by atoms with E-state index in [2.05, 4.69) is 10.2 Å². The van der Waals surface area contributed by atoms with Crippen LogP contribution in [0.2, 0.25) is 0 Å². The summed E-state index contributed by atoms with van der Waals surface area (Å²) in [5.41, 5.74) is 7.73. The van der Waals surface area contributed by atoms with Crippen molar-refractivity contribution in [1.82, 2.24) is 10.2 Å². The molecule has 1 aromatic heterocycles. The van der Waals surface area contributed by atoms with Crippen molar-refractivity contribution < 1.29 is 4.74 Å². The highest BCUT2D eigenvalue weighted by molar-refractivity contribution is 5.18. The third-order valence-electron chi connectivity index (χ3n) is 2.47. The van der Waals surface area contributed by atoms with Gasteiger partial charge in [-0.3, -0.25) is 5.10 Å². The van der Waals surface area contributed by atoms with Crippen molar-refractivity contribution in [3.8, 4) is 0 Å². The highest BCUT2D eigenvalue weighted by Gasteiger charge is 2.19. The summed E-state index contributed by atoms with van der Waals surface area (Å²) in [7, 11) is 0. The molecule has 0 bridgehead atoms. The molecule has 0 amide bonds. The summed E-state index contributed by atoms with van der Waals surface area (Å²) in [6.07, 6.45) is 5.45. The molecule has 1 aliphatic heterocycles. The number of rotatable bonds is 2. The van der Waals surface area contributed by atoms with Crippen LogP contribution in [0.15, 0.2) is 6.20 Å². The molecule has 1 unspecified atom stereocenters. The van der Waals surface area contributed by atoms with E-state index < -0.39 is 0 Å². The summed E-state index contributed by atoms with van der Waals surface area (Å²) in [6, 6.07) is 0. The Labute approximate surface area is 77.5 Å². The number of aromatic amines is 1. The van der Waals surface area contributed by atoms with Gasteiger partial charge in [-0.25, -0.2) is 0 Å². The molecule has 1 aliphatic rings. The summed E-state index contributed by atoms with van der Waals surface area (Å²) < 4.78 is 5.64. The van der Waals surface area contributed by atoms with E-state index in [1.54, 1.807) is 6.20 Å². The maximum absolute atomic E-state index is 5.64. The lowest BCUT2D eigenvalue weighted by atomic mass is 10.0. The van der Waals surface area contributed by atoms with E-state index >= 15 is 0 Å². The van der Waals surface area contributed by atoms with Crippen molar-refractivity contribution >= 4 is 0 Å². The van der Waals surface area contributed by atoms with E-state index in [0.717, 1.165) is 24.3 Å². The van der Waals surface area contributed by atoms with Gasteiger partial charge < -0.3 is 10.5 Å². The lowest BCUT2D eigenvalue weighted by Gasteiger charge is -2.22.